The Kier molecular flexibility index (Phi) is 7.33. The minimum atomic E-state index is 0.442. The summed E-state index contributed by atoms with van der Waals surface area (Å²) in [4.78, 5) is 0.854. The van der Waals surface area contributed by atoms with E-state index in [-0.39, 0.29) is 0 Å². The largest absolute Gasteiger partial charge is 0.492 e. The Balaban J connectivity index is 0.000000240. The molecule has 0 amide bonds. The van der Waals surface area contributed by atoms with E-state index < -0.39 is 0 Å². The predicted octanol–water partition coefficient (Wildman–Crippen LogP) is 4.37. The fourth-order valence-electron chi connectivity index (χ4n) is 1.32. The van der Waals surface area contributed by atoms with E-state index in [1.807, 2.05) is 12.1 Å². The third-order valence-electron chi connectivity index (χ3n) is 2.32. The predicted molar refractivity (Wildman–Crippen MR) is 84.8 cm³/mol. The molecule has 0 saturated heterocycles. The molecule has 1 heterocycles. The molecule has 0 spiro atoms. The molecule has 0 radical (unpaired) electrons. The number of nitrogens with two attached hydrogens (primary N) is 1. The molecule has 4 nitrogen and oxygen atoms in total. The van der Waals surface area contributed by atoms with Crippen LogP contribution in [-0.2, 0) is 0 Å². The highest BCUT2D eigenvalue weighted by molar-refractivity contribution is 7.80. The number of hydrogen-bond donors (Lipinski definition) is 2. The van der Waals surface area contributed by atoms with Gasteiger partial charge in [-0.25, -0.2) is 0 Å². The Bertz CT molecular complexity index is 515. The highest BCUT2D eigenvalue weighted by Gasteiger charge is 2.00. The van der Waals surface area contributed by atoms with Crippen molar-refractivity contribution in [1.29, 1.82) is 0 Å². The van der Waals surface area contributed by atoms with Gasteiger partial charge in [0, 0.05) is 11.0 Å². The van der Waals surface area contributed by atoms with Gasteiger partial charge < -0.3 is 15.0 Å². The van der Waals surface area contributed by atoms with Gasteiger partial charge in [-0.3, -0.25) is 0 Å². The molecule has 0 unspecified atom stereocenters. The summed E-state index contributed by atoms with van der Waals surface area (Å²) in [6.07, 6.45) is 2.18. The zero-order chi connectivity index (χ0) is 15.0. The molecule has 0 aliphatic carbocycles. The highest BCUT2D eigenvalue weighted by atomic mass is 35.5. The van der Waals surface area contributed by atoms with Crippen molar-refractivity contribution in [2.45, 2.75) is 31.6 Å². The van der Waals surface area contributed by atoms with Crippen LogP contribution in [0, 0.1) is 6.92 Å². The summed E-state index contributed by atoms with van der Waals surface area (Å²) in [6, 6.07) is 7.17. The number of nitrogens with zero attached hydrogens (tertiary/aromatic N) is 1. The van der Waals surface area contributed by atoms with Crippen molar-refractivity contribution in [1.82, 2.24) is 5.16 Å². The summed E-state index contributed by atoms with van der Waals surface area (Å²) in [6.45, 7) is 4.65. The molecular weight excluding hydrogens is 296 g/mol. The molecule has 0 bridgehead atoms. The van der Waals surface area contributed by atoms with E-state index in [9.17, 15) is 0 Å². The Hall–Kier alpha value is -1.33. The average molecular weight is 315 g/mol. The maximum atomic E-state index is 5.93. The third-order valence-corrected chi connectivity index (χ3v) is 2.89. The summed E-state index contributed by atoms with van der Waals surface area (Å²) in [5.41, 5.74) is 5.17. The average Bonchev–Trinajstić information content (AvgIpc) is 2.77. The van der Waals surface area contributed by atoms with Gasteiger partial charge in [-0.1, -0.05) is 30.1 Å². The van der Waals surface area contributed by atoms with Gasteiger partial charge in [-0.15, -0.1) is 12.6 Å². The lowest BCUT2D eigenvalue weighted by Gasteiger charge is -2.07. The minimum absolute atomic E-state index is 0.442. The van der Waals surface area contributed by atoms with Crippen molar-refractivity contribution < 1.29 is 9.26 Å². The summed E-state index contributed by atoms with van der Waals surface area (Å²) in [5, 5.41) is 4.05. The normalized spacial score (nSPS) is 9.80. The van der Waals surface area contributed by atoms with Gasteiger partial charge in [0.1, 0.15) is 11.5 Å². The molecule has 0 atom stereocenters. The van der Waals surface area contributed by atoms with E-state index in [1.165, 1.54) is 0 Å². The first-order valence-corrected chi connectivity index (χ1v) is 7.15. The van der Waals surface area contributed by atoms with Crippen molar-refractivity contribution in [2.24, 2.45) is 0 Å². The first-order chi connectivity index (χ1) is 9.52. The van der Waals surface area contributed by atoms with Crippen molar-refractivity contribution in [2.75, 3.05) is 12.3 Å². The van der Waals surface area contributed by atoms with Crippen molar-refractivity contribution in [3.63, 3.8) is 0 Å². The van der Waals surface area contributed by atoms with Gasteiger partial charge in [-0.05, 0) is 31.5 Å². The molecular formula is C14H19ClN2O2S. The molecule has 2 aromatic rings. The first kappa shape index (κ1) is 16.7. The molecule has 20 heavy (non-hydrogen) atoms. The Labute approximate surface area is 129 Å². The van der Waals surface area contributed by atoms with Crippen molar-refractivity contribution in [3.8, 4) is 5.75 Å². The van der Waals surface area contributed by atoms with E-state index in [4.69, 9.17) is 22.1 Å². The molecule has 0 aliphatic heterocycles. The molecule has 110 valence electrons. The number of unbranched alkanes of at least 4 members (excludes halogenated alkanes) is 1. The fraction of sp³-hybridized carbons (Fsp3) is 0.357. The van der Waals surface area contributed by atoms with Gasteiger partial charge in [-0.2, -0.15) is 0 Å². The Morgan fingerprint density at radius 1 is 1.40 bits per heavy atom. The number of nitrogen functional groups attached to an aromatic ring is 1. The number of hydrogen-bond acceptors (Lipinski definition) is 5. The zero-order valence-corrected chi connectivity index (χ0v) is 13.2. The second kappa shape index (κ2) is 8.76. The molecule has 0 saturated carbocycles. The molecule has 2 N–H and O–H groups in total. The number of halogens is 1. The van der Waals surface area contributed by atoms with Crippen LogP contribution in [0.15, 0.2) is 33.7 Å². The van der Waals surface area contributed by atoms with Gasteiger partial charge in [0.05, 0.1) is 11.6 Å². The van der Waals surface area contributed by atoms with E-state index in [0.717, 1.165) is 35.9 Å². The van der Waals surface area contributed by atoms with Crippen LogP contribution in [0.25, 0.3) is 0 Å². The van der Waals surface area contributed by atoms with Gasteiger partial charge in [0.15, 0.2) is 5.82 Å². The minimum Gasteiger partial charge on any atom is -0.492 e. The van der Waals surface area contributed by atoms with Crippen LogP contribution < -0.4 is 10.5 Å². The molecule has 6 heteroatoms. The number of benzene rings is 1. The van der Waals surface area contributed by atoms with Crippen LogP contribution in [0.4, 0.5) is 5.82 Å². The number of anilines is 1. The summed E-state index contributed by atoms with van der Waals surface area (Å²) < 4.78 is 10.1. The van der Waals surface area contributed by atoms with Gasteiger partial charge in [0.2, 0.25) is 0 Å². The van der Waals surface area contributed by atoms with Crippen LogP contribution in [0.3, 0.4) is 0 Å². The number of rotatable bonds is 4. The second-order valence-electron chi connectivity index (χ2n) is 4.18. The van der Waals surface area contributed by atoms with E-state index in [1.54, 1.807) is 19.1 Å². The number of ether oxygens (including phenoxy) is 1. The molecule has 1 aromatic heterocycles. The smallest absolute Gasteiger partial charge is 0.167 e. The van der Waals surface area contributed by atoms with Crippen LogP contribution in [0.5, 0.6) is 5.75 Å². The maximum Gasteiger partial charge on any atom is 0.167 e. The highest BCUT2D eigenvalue weighted by Crippen LogP contribution is 2.26. The van der Waals surface area contributed by atoms with E-state index >= 15 is 0 Å². The lowest BCUT2D eigenvalue weighted by Crippen LogP contribution is -1.96. The molecule has 0 aliphatic rings. The van der Waals surface area contributed by atoms with Crippen LogP contribution in [0.1, 0.15) is 25.5 Å². The number of thiol groups is 1. The topological polar surface area (TPSA) is 61.3 Å². The fourth-order valence-corrected chi connectivity index (χ4v) is 1.83. The maximum absolute atomic E-state index is 5.93. The molecule has 2 rings (SSSR count). The monoisotopic (exact) mass is 314 g/mol. The number of aromatic nitrogens is 1. The lowest BCUT2D eigenvalue weighted by atomic mass is 10.3. The Morgan fingerprint density at radius 3 is 2.60 bits per heavy atom. The van der Waals surface area contributed by atoms with Crippen LogP contribution >= 0.6 is 24.2 Å². The van der Waals surface area contributed by atoms with Gasteiger partial charge >= 0.3 is 0 Å². The second-order valence-corrected chi connectivity index (χ2v) is 5.10. The van der Waals surface area contributed by atoms with E-state index in [0.29, 0.717) is 10.8 Å². The van der Waals surface area contributed by atoms with E-state index in [2.05, 4.69) is 29.2 Å². The quantitative estimate of drug-likeness (QED) is 0.649. The Morgan fingerprint density at radius 2 is 2.15 bits per heavy atom. The van der Waals surface area contributed by atoms with Crippen molar-refractivity contribution >= 4 is 30.0 Å². The van der Waals surface area contributed by atoms with Crippen LogP contribution in [0.2, 0.25) is 5.02 Å². The lowest BCUT2D eigenvalue weighted by molar-refractivity contribution is 0.309. The standard InChI is InChI=1S/C10H13ClOS.C4H6N2O/c1-2-3-6-12-10-5-4-8(13)7-9(10)11;1-3-2-4(5)6-7-3/h4-5,7,13H,2-3,6H2,1H3;2H,1H3,(H2,5,6). The molecule has 1 aromatic carbocycles. The zero-order valence-electron chi connectivity index (χ0n) is 11.6. The first-order valence-electron chi connectivity index (χ1n) is 6.33. The SMILES string of the molecule is CCCCOc1ccc(S)cc1Cl.Cc1cc(N)no1. The summed E-state index contributed by atoms with van der Waals surface area (Å²) >= 11 is 10.1. The van der Waals surface area contributed by atoms with Crippen molar-refractivity contribution in [3.05, 3.63) is 35.0 Å². The summed E-state index contributed by atoms with van der Waals surface area (Å²) in [7, 11) is 0. The van der Waals surface area contributed by atoms with Gasteiger partial charge in [0.25, 0.3) is 0 Å². The molecule has 0 fully saturated rings. The number of aryl methyl sites for hydroxylation is 1. The summed E-state index contributed by atoms with van der Waals surface area (Å²) in [5.74, 6) is 1.93. The third kappa shape index (κ3) is 6.21. The van der Waals surface area contributed by atoms with Crippen LogP contribution in [-0.4, -0.2) is 11.8 Å².